The number of allylic oxidation sites excluding steroid dienone is 2. The van der Waals surface area contributed by atoms with E-state index in [-0.39, 0.29) is 5.75 Å². The molecule has 0 heterocycles. The van der Waals surface area contributed by atoms with E-state index in [0.717, 1.165) is 48.5 Å². The van der Waals surface area contributed by atoms with Gasteiger partial charge in [0.2, 0.25) is 0 Å². The van der Waals surface area contributed by atoms with Crippen LogP contribution in [0.25, 0.3) is 0 Å². The van der Waals surface area contributed by atoms with Crippen LogP contribution in [0.5, 0.6) is 5.75 Å². The molecule has 1 unspecified atom stereocenters. The van der Waals surface area contributed by atoms with Crippen LogP contribution < -0.4 is 4.74 Å². The number of alkyl halides is 3. The Kier molecular flexibility index (Phi) is 10.2. The molecule has 202 valence electrons. The van der Waals surface area contributed by atoms with E-state index < -0.39 is 6.36 Å². The molecule has 2 saturated carbocycles. The Balaban J connectivity index is 1.12. The standard InChI is InChI=1S/C32H47F3O/c1-2-3-4-5-24-8-14-27(15-9-24)28-16-10-25(11-17-28)6-7-26-12-18-29(19-13-26)30-20-22-31(23-21-30)36-32(33,34)35/h12,20-25,27-29H,2-11,13-19H2,1H3. The van der Waals surface area contributed by atoms with Crippen LogP contribution in [0.4, 0.5) is 13.2 Å². The van der Waals surface area contributed by atoms with Crippen LogP contribution in [0, 0.1) is 23.7 Å². The van der Waals surface area contributed by atoms with Gasteiger partial charge >= 0.3 is 6.36 Å². The van der Waals surface area contributed by atoms with E-state index in [1.807, 2.05) is 0 Å². The van der Waals surface area contributed by atoms with E-state index in [1.165, 1.54) is 102 Å². The molecule has 4 rings (SSSR count). The molecular weight excluding hydrogens is 457 g/mol. The lowest BCUT2D eigenvalue weighted by Crippen LogP contribution is -2.26. The summed E-state index contributed by atoms with van der Waals surface area (Å²) in [5.74, 6) is 4.22. The van der Waals surface area contributed by atoms with Crippen LogP contribution in [0.3, 0.4) is 0 Å². The van der Waals surface area contributed by atoms with E-state index in [1.54, 1.807) is 17.7 Å². The monoisotopic (exact) mass is 504 g/mol. The number of unbranched alkanes of at least 4 members (excludes halogenated alkanes) is 2. The van der Waals surface area contributed by atoms with Crippen molar-refractivity contribution in [2.24, 2.45) is 23.7 Å². The van der Waals surface area contributed by atoms with E-state index in [9.17, 15) is 13.2 Å². The van der Waals surface area contributed by atoms with Gasteiger partial charge < -0.3 is 4.74 Å². The summed E-state index contributed by atoms with van der Waals surface area (Å²) in [7, 11) is 0. The summed E-state index contributed by atoms with van der Waals surface area (Å²) in [4.78, 5) is 0. The van der Waals surface area contributed by atoms with Gasteiger partial charge in [-0.15, -0.1) is 13.2 Å². The summed E-state index contributed by atoms with van der Waals surface area (Å²) in [5, 5.41) is 0. The highest BCUT2D eigenvalue weighted by Crippen LogP contribution is 2.44. The zero-order valence-corrected chi connectivity index (χ0v) is 22.3. The molecule has 0 aliphatic heterocycles. The molecule has 1 aromatic rings. The van der Waals surface area contributed by atoms with Gasteiger partial charge in [0.15, 0.2) is 0 Å². The molecule has 0 amide bonds. The van der Waals surface area contributed by atoms with Crippen molar-refractivity contribution in [3.63, 3.8) is 0 Å². The summed E-state index contributed by atoms with van der Waals surface area (Å²) in [6.45, 7) is 2.31. The van der Waals surface area contributed by atoms with Crippen LogP contribution in [-0.2, 0) is 0 Å². The van der Waals surface area contributed by atoms with E-state index in [2.05, 4.69) is 17.7 Å². The van der Waals surface area contributed by atoms with Crippen LogP contribution in [0.1, 0.15) is 128 Å². The van der Waals surface area contributed by atoms with Gasteiger partial charge in [-0.25, -0.2) is 0 Å². The first-order valence-electron chi connectivity index (χ1n) is 14.9. The number of hydrogen-bond donors (Lipinski definition) is 0. The van der Waals surface area contributed by atoms with Crippen LogP contribution in [-0.4, -0.2) is 6.36 Å². The van der Waals surface area contributed by atoms with Gasteiger partial charge in [-0.05, 0) is 105 Å². The average molecular weight is 505 g/mol. The van der Waals surface area contributed by atoms with E-state index in [0.29, 0.717) is 5.92 Å². The lowest BCUT2D eigenvalue weighted by Gasteiger charge is -2.38. The maximum Gasteiger partial charge on any atom is 0.573 e. The van der Waals surface area contributed by atoms with Crippen molar-refractivity contribution < 1.29 is 17.9 Å². The Hall–Kier alpha value is -1.45. The molecule has 1 nitrogen and oxygen atoms in total. The van der Waals surface area contributed by atoms with Crippen LogP contribution in [0.2, 0.25) is 0 Å². The molecule has 0 radical (unpaired) electrons. The number of halogens is 3. The van der Waals surface area contributed by atoms with Crippen molar-refractivity contribution in [3.05, 3.63) is 41.5 Å². The molecule has 1 aromatic carbocycles. The molecule has 3 aliphatic carbocycles. The second-order valence-electron chi connectivity index (χ2n) is 12.0. The van der Waals surface area contributed by atoms with Crippen molar-refractivity contribution in [1.29, 1.82) is 0 Å². The molecule has 0 N–H and O–H groups in total. The molecule has 0 aromatic heterocycles. The minimum Gasteiger partial charge on any atom is -0.406 e. The minimum atomic E-state index is -4.63. The second kappa shape index (κ2) is 13.4. The Morgan fingerprint density at radius 2 is 1.39 bits per heavy atom. The highest BCUT2D eigenvalue weighted by atomic mass is 19.4. The zero-order valence-electron chi connectivity index (χ0n) is 22.3. The Bertz CT molecular complexity index is 796. The third kappa shape index (κ3) is 8.55. The highest BCUT2D eigenvalue weighted by molar-refractivity contribution is 5.31. The molecular formula is C32H47F3O. The maximum absolute atomic E-state index is 12.4. The molecule has 1 atom stereocenters. The zero-order chi connectivity index (χ0) is 25.4. The van der Waals surface area contributed by atoms with Crippen molar-refractivity contribution in [1.82, 2.24) is 0 Å². The molecule has 0 saturated heterocycles. The summed E-state index contributed by atoms with van der Waals surface area (Å²) >= 11 is 0. The quantitative estimate of drug-likeness (QED) is 0.227. The normalized spacial score (nSPS) is 29.6. The second-order valence-corrected chi connectivity index (χ2v) is 12.0. The first-order chi connectivity index (χ1) is 17.4. The van der Waals surface area contributed by atoms with Gasteiger partial charge in [0, 0.05) is 0 Å². The largest absolute Gasteiger partial charge is 0.573 e. The Labute approximate surface area is 217 Å². The van der Waals surface area contributed by atoms with Crippen molar-refractivity contribution in [3.8, 4) is 5.75 Å². The Morgan fingerprint density at radius 1 is 0.778 bits per heavy atom. The van der Waals surface area contributed by atoms with E-state index in [4.69, 9.17) is 0 Å². The summed E-state index contributed by atoms with van der Waals surface area (Å²) in [5.41, 5.74) is 2.72. The van der Waals surface area contributed by atoms with Gasteiger partial charge in [-0.1, -0.05) is 82.1 Å². The lowest BCUT2D eigenvalue weighted by atomic mass is 9.68. The lowest BCUT2D eigenvalue weighted by molar-refractivity contribution is -0.274. The number of hydrogen-bond acceptors (Lipinski definition) is 1. The highest BCUT2D eigenvalue weighted by Gasteiger charge is 2.32. The predicted octanol–water partition coefficient (Wildman–Crippen LogP) is 10.8. The molecule has 0 bridgehead atoms. The van der Waals surface area contributed by atoms with Gasteiger partial charge in [0.25, 0.3) is 0 Å². The fourth-order valence-electron chi connectivity index (χ4n) is 7.33. The summed E-state index contributed by atoms with van der Waals surface area (Å²) < 4.78 is 41.1. The average Bonchev–Trinajstić information content (AvgIpc) is 2.88. The first kappa shape index (κ1) is 27.6. The summed E-state index contributed by atoms with van der Waals surface area (Å²) in [6.07, 6.45) is 21.1. The topological polar surface area (TPSA) is 9.23 Å². The molecule has 2 fully saturated rings. The SMILES string of the molecule is CCCCCC1CCC(C2CCC(CCC3=CCC(c4ccc(OC(F)(F)F)cc4)CC3)CC2)CC1. The molecule has 36 heavy (non-hydrogen) atoms. The predicted molar refractivity (Wildman–Crippen MR) is 142 cm³/mol. The number of ether oxygens (including phenoxy) is 1. The van der Waals surface area contributed by atoms with Crippen molar-refractivity contribution >= 4 is 0 Å². The van der Waals surface area contributed by atoms with Gasteiger partial charge in [0.1, 0.15) is 5.75 Å². The minimum absolute atomic E-state index is 0.136. The molecule has 3 aliphatic rings. The fraction of sp³-hybridized carbons (Fsp3) is 0.750. The van der Waals surface area contributed by atoms with Gasteiger partial charge in [-0.2, -0.15) is 0 Å². The Morgan fingerprint density at radius 3 is 1.92 bits per heavy atom. The smallest absolute Gasteiger partial charge is 0.406 e. The van der Waals surface area contributed by atoms with Crippen molar-refractivity contribution in [2.75, 3.05) is 0 Å². The summed E-state index contributed by atoms with van der Waals surface area (Å²) in [6, 6.07) is 6.47. The third-order valence-corrected chi connectivity index (χ3v) is 9.63. The van der Waals surface area contributed by atoms with Crippen LogP contribution >= 0.6 is 0 Å². The fourth-order valence-corrected chi connectivity index (χ4v) is 7.33. The van der Waals surface area contributed by atoms with Gasteiger partial charge in [0.05, 0.1) is 0 Å². The van der Waals surface area contributed by atoms with Crippen LogP contribution in [0.15, 0.2) is 35.9 Å². The van der Waals surface area contributed by atoms with E-state index >= 15 is 0 Å². The molecule has 0 spiro atoms. The number of benzene rings is 1. The molecule has 4 heteroatoms. The maximum atomic E-state index is 12.4. The first-order valence-corrected chi connectivity index (χ1v) is 14.9. The van der Waals surface area contributed by atoms with Crippen molar-refractivity contribution in [2.45, 2.75) is 128 Å². The van der Waals surface area contributed by atoms with Gasteiger partial charge in [-0.3, -0.25) is 0 Å². The third-order valence-electron chi connectivity index (χ3n) is 9.63. The number of rotatable bonds is 10.